The lowest BCUT2D eigenvalue weighted by Gasteiger charge is -2.18. The fourth-order valence-corrected chi connectivity index (χ4v) is 1.79. The van der Waals surface area contributed by atoms with E-state index in [1.165, 1.54) is 0 Å². The first-order valence-corrected chi connectivity index (χ1v) is 5.64. The van der Waals surface area contributed by atoms with E-state index in [1.54, 1.807) is 19.5 Å². The van der Waals surface area contributed by atoms with Crippen LogP contribution in [0.5, 0.6) is 5.75 Å². The molecule has 0 bridgehead atoms. The highest BCUT2D eigenvalue weighted by Crippen LogP contribution is 2.27. The fourth-order valence-electron chi connectivity index (χ4n) is 1.79. The average molecular weight is 244 g/mol. The maximum atomic E-state index is 5.63. The van der Waals surface area contributed by atoms with Crippen LogP contribution in [0, 0.1) is 6.92 Å². The topological polar surface area (TPSA) is 73.1 Å². The van der Waals surface area contributed by atoms with Crippen molar-refractivity contribution in [1.29, 1.82) is 0 Å². The van der Waals surface area contributed by atoms with E-state index in [9.17, 15) is 0 Å². The Morgan fingerprint density at radius 1 is 1.22 bits per heavy atom. The molecule has 0 aliphatic rings. The second-order valence-electron chi connectivity index (χ2n) is 3.92. The lowest BCUT2D eigenvalue weighted by atomic mass is 10.0. The van der Waals surface area contributed by atoms with Gasteiger partial charge in [-0.05, 0) is 13.0 Å². The standard InChI is InChI=1S/C13H16N4O/c1-9-7-16-11(8-15-9)13(17-14)10-5-3-4-6-12(10)18-2/h3-8,13,17H,14H2,1-2H3. The van der Waals surface area contributed by atoms with Crippen LogP contribution in [0.2, 0.25) is 0 Å². The first kappa shape index (κ1) is 12.5. The van der Waals surface area contributed by atoms with E-state index < -0.39 is 0 Å². The molecule has 1 aromatic heterocycles. The van der Waals surface area contributed by atoms with Gasteiger partial charge in [-0.3, -0.25) is 15.8 Å². The number of ether oxygens (including phenoxy) is 1. The maximum absolute atomic E-state index is 5.63. The second-order valence-corrected chi connectivity index (χ2v) is 3.92. The summed E-state index contributed by atoms with van der Waals surface area (Å²) in [4.78, 5) is 8.57. The molecule has 0 fully saturated rings. The van der Waals surface area contributed by atoms with Crippen molar-refractivity contribution in [2.24, 2.45) is 5.84 Å². The largest absolute Gasteiger partial charge is 0.496 e. The number of nitrogens with zero attached hydrogens (tertiary/aromatic N) is 2. The zero-order valence-corrected chi connectivity index (χ0v) is 10.4. The highest BCUT2D eigenvalue weighted by Gasteiger charge is 2.17. The van der Waals surface area contributed by atoms with Crippen LogP contribution in [0.15, 0.2) is 36.7 Å². The second kappa shape index (κ2) is 5.57. The molecule has 1 aromatic carbocycles. The average Bonchev–Trinajstić information content (AvgIpc) is 2.42. The van der Waals surface area contributed by atoms with Crippen LogP contribution < -0.4 is 16.0 Å². The van der Waals surface area contributed by atoms with Crippen molar-refractivity contribution >= 4 is 0 Å². The molecule has 1 atom stereocenters. The van der Waals surface area contributed by atoms with Gasteiger partial charge in [-0.15, -0.1) is 0 Å². The van der Waals surface area contributed by atoms with E-state index >= 15 is 0 Å². The van der Waals surface area contributed by atoms with Gasteiger partial charge >= 0.3 is 0 Å². The molecule has 5 heteroatoms. The number of aromatic nitrogens is 2. The number of para-hydroxylation sites is 1. The molecular formula is C13H16N4O. The molecule has 0 amide bonds. The third-order valence-electron chi connectivity index (χ3n) is 2.71. The van der Waals surface area contributed by atoms with Crippen LogP contribution in [0.4, 0.5) is 0 Å². The molecule has 1 heterocycles. The predicted molar refractivity (Wildman–Crippen MR) is 68.9 cm³/mol. The first-order valence-electron chi connectivity index (χ1n) is 5.64. The quantitative estimate of drug-likeness (QED) is 0.627. The molecule has 2 aromatic rings. The number of nitrogens with one attached hydrogen (secondary N) is 1. The van der Waals surface area contributed by atoms with Crippen molar-refractivity contribution < 1.29 is 4.74 Å². The van der Waals surface area contributed by atoms with Gasteiger partial charge in [-0.2, -0.15) is 0 Å². The minimum absolute atomic E-state index is 0.241. The molecule has 2 rings (SSSR count). The summed E-state index contributed by atoms with van der Waals surface area (Å²) in [6, 6.07) is 7.45. The minimum Gasteiger partial charge on any atom is -0.496 e. The van der Waals surface area contributed by atoms with E-state index in [1.807, 2.05) is 31.2 Å². The molecule has 0 aliphatic carbocycles. The zero-order chi connectivity index (χ0) is 13.0. The van der Waals surface area contributed by atoms with Gasteiger partial charge in [0.15, 0.2) is 0 Å². The Morgan fingerprint density at radius 3 is 2.61 bits per heavy atom. The minimum atomic E-state index is -0.241. The van der Waals surface area contributed by atoms with Crippen LogP contribution in [0.25, 0.3) is 0 Å². The summed E-state index contributed by atoms with van der Waals surface area (Å²) < 4.78 is 5.33. The summed E-state index contributed by atoms with van der Waals surface area (Å²) >= 11 is 0. The van der Waals surface area contributed by atoms with Crippen molar-refractivity contribution in [3.05, 3.63) is 53.6 Å². The Hall–Kier alpha value is -1.98. The molecule has 0 saturated carbocycles. The molecule has 5 nitrogen and oxygen atoms in total. The van der Waals surface area contributed by atoms with E-state index in [-0.39, 0.29) is 6.04 Å². The molecule has 18 heavy (non-hydrogen) atoms. The maximum Gasteiger partial charge on any atom is 0.124 e. The smallest absolute Gasteiger partial charge is 0.124 e. The van der Waals surface area contributed by atoms with Gasteiger partial charge in [0.1, 0.15) is 5.75 Å². The van der Waals surface area contributed by atoms with Gasteiger partial charge in [0.25, 0.3) is 0 Å². The number of hydrogen-bond acceptors (Lipinski definition) is 5. The van der Waals surface area contributed by atoms with E-state index in [2.05, 4.69) is 15.4 Å². The summed E-state index contributed by atoms with van der Waals surface area (Å²) in [7, 11) is 1.63. The number of hydrogen-bond donors (Lipinski definition) is 2. The summed E-state index contributed by atoms with van der Waals surface area (Å²) in [6.07, 6.45) is 3.43. The van der Waals surface area contributed by atoms with Crippen LogP contribution in [0.1, 0.15) is 23.0 Å². The Morgan fingerprint density at radius 2 is 2.00 bits per heavy atom. The lowest BCUT2D eigenvalue weighted by molar-refractivity contribution is 0.403. The fraction of sp³-hybridized carbons (Fsp3) is 0.231. The van der Waals surface area contributed by atoms with Crippen LogP contribution >= 0.6 is 0 Å². The highest BCUT2D eigenvalue weighted by atomic mass is 16.5. The van der Waals surface area contributed by atoms with Crippen LogP contribution in [-0.4, -0.2) is 17.1 Å². The number of aryl methyl sites for hydroxylation is 1. The van der Waals surface area contributed by atoms with Crippen molar-refractivity contribution in [3.8, 4) is 5.75 Å². The molecule has 0 spiro atoms. The number of hydrazine groups is 1. The molecule has 0 aliphatic heterocycles. The monoisotopic (exact) mass is 244 g/mol. The van der Waals surface area contributed by atoms with Gasteiger partial charge in [0.2, 0.25) is 0 Å². The SMILES string of the molecule is COc1ccccc1C(NN)c1cnc(C)cn1. The molecule has 3 N–H and O–H groups in total. The third-order valence-corrected chi connectivity index (χ3v) is 2.71. The van der Waals surface area contributed by atoms with Crippen LogP contribution in [0.3, 0.4) is 0 Å². The summed E-state index contributed by atoms with van der Waals surface area (Å²) in [5, 5.41) is 0. The molecule has 0 radical (unpaired) electrons. The number of methoxy groups -OCH3 is 1. The van der Waals surface area contributed by atoms with Gasteiger partial charge in [-0.25, -0.2) is 5.43 Å². The lowest BCUT2D eigenvalue weighted by Crippen LogP contribution is -2.30. The molecule has 0 saturated heterocycles. The Kier molecular flexibility index (Phi) is 3.86. The first-order chi connectivity index (χ1) is 8.76. The number of nitrogens with two attached hydrogens (primary N) is 1. The van der Waals surface area contributed by atoms with Gasteiger partial charge in [0.05, 0.1) is 30.7 Å². The predicted octanol–water partition coefficient (Wildman–Crippen LogP) is 1.35. The molecule has 94 valence electrons. The normalized spacial score (nSPS) is 12.2. The third kappa shape index (κ3) is 2.47. The molecular weight excluding hydrogens is 228 g/mol. The van der Waals surface area contributed by atoms with Crippen molar-refractivity contribution in [3.63, 3.8) is 0 Å². The zero-order valence-electron chi connectivity index (χ0n) is 10.4. The van der Waals surface area contributed by atoms with Crippen molar-refractivity contribution in [1.82, 2.24) is 15.4 Å². The van der Waals surface area contributed by atoms with Crippen molar-refractivity contribution in [2.75, 3.05) is 7.11 Å². The summed E-state index contributed by atoms with van der Waals surface area (Å²) in [6.45, 7) is 1.89. The summed E-state index contributed by atoms with van der Waals surface area (Å²) in [5.74, 6) is 6.39. The number of benzene rings is 1. The van der Waals surface area contributed by atoms with E-state index in [4.69, 9.17) is 10.6 Å². The Balaban J connectivity index is 2.41. The Bertz CT molecular complexity index is 513. The summed E-state index contributed by atoms with van der Waals surface area (Å²) in [5.41, 5.74) is 5.30. The molecule has 1 unspecified atom stereocenters. The van der Waals surface area contributed by atoms with Gasteiger partial charge < -0.3 is 4.74 Å². The van der Waals surface area contributed by atoms with Gasteiger partial charge in [-0.1, -0.05) is 18.2 Å². The van der Waals surface area contributed by atoms with E-state index in [0.717, 1.165) is 22.7 Å². The van der Waals surface area contributed by atoms with Gasteiger partial charge in [0, 0.05) is 11.8 Å². The van der Waals surface area contributed by atoms with E-state index in [0.29, 0.717) is 0 Å². The van der Waals surface area contributed by atoms with Crippen LogP contribution in [-0.2, 0) is 0 Å². The Labute approximate surface area is 106 Å². The number of rotatable bonds is 4. The van der Waals surface area contributed by atoms with Crippen molar-refractivity contribution in [2.45, 2.75) is 13.0 Å². The highest BCUT2D eigenvalue weighted by molar-refractivity contribution is 5.39.